The third kappa shape index (κ3) is 25.1. The number of para-hydroxylation sites is 3. The van der Waals surface area contributed by atoms with E-state index in [1.165, 1.54) is 11.8 Å². The van der Waals surface area contributed by atoms with Gasteiger partial charge in [0.25, 0.3) is 5.91 Å². The van der Waals surface area contributed by atoms with Crippen molar-refractivity contribution in [2.24, 2.45) is 40.2 Å². The quantitative estimate of drug-likeness (QED) is 0.0112. The van der Waals surface area contributed by atoms with E-state index >= 15 is 24.0 Å². The van der Waals surface area contributed by atoms with Crippen molar-refractivity contribution in [3.8, 4) is 0 Å². The summed E-state index contributed by atoms with van der Waals surface area (Å²) in [5.41, 5.74) is 44.0. The number of aromatic amines is 3. The minimum atomic E-state index is -1.42. The summed E-state index contributed by atoms with van der Waals surface area (Å²) >= 11 is 1.39. The summed E-state index contributed by atoms with van der Waals surface area (Å²) in [6.45, 7) is 1.59. The van der Waals surface area contributed by atoms with E-state index in [4.69, 9.17) is 40.2 Å². The molecular weight excluding hydrogens is 1390 g/mol. The molecule has 108 heavy (non-hydrogen) atoms. The van der Waals surface area contributed by atoms with Crippen LogP contribution in [0.3, 0.4) is 0 Å². The summed E-state index contributed by atoms with van der Waals surface area (Å²) in [5.74, 6) is -0.775. The second kappa shape index (κ2) is 44.3. The van der Waals surface area contributed by atoms with Gasteiger partial charge in [-0.1, -0.05) is 122 Å². The van der Waals surface area contributed by atoms with Gasteiger partial charge in [0.2, 0.25) is 47.3 Å². The highest BCUT2D eigenvalue weighted by atomic mass is 32.2. The third-order valence-electron chi connectivity index (χ3n) is 19.2. The standard InChI is InChI=1S/C79H109N19O9S/c80-38-18-13-30-58(85)71(99)90-62(34-14-19-39-81)73(101)94-67(44-53-47-88-60-32-11-8-28-56(53)60)76(104)96-66(43-52-46-87-59-31-10-7-27-55(52)59)75(103)92-63(35-15-20-40-82)72(100)91-64(36-16-21-41-83)74(102)95-68(45-54-48-89-61-33-12-9-29-57(54)61)77(105)97-69(78(106)93-65(79(107)98-86)37-17-22-42-84)49-108-70(50-23-3-1-4-24-50)51-25-5-2-6-26-51/h1-12,23-29,31-33,46-48,58,62-70,87-89H,13-22,30,34-45,49,80-86H2,(H,90,99)(H,91,100)(H,92,103)(H,93,106)(H,94,101)(H,95,102)(H,96,104)(H,97,105)(H,98,107)/t58-,62-,63-,64-,65-,66-,67-,68-,69-/m0/s1. The average molecular weight is 1500 g/mol. The lowest BCUT2D eigenvalue weighted by Crippen LogP contribution is -2.61. The Kier molecular flexibility index (Phi) is 34.4. The summed E-state index contributed by atoms with van der Waals surface area (Å²) in [5, 5.41) is 25.3. The number of thioether (sulfide) groups is 1. The molecule has 0 saturated carbocycles. The molecule has 580 valence electrons. The molecule has 0 bridgehead atoms. The predicted molar refractivity (Wildman–Crippen MR) is 423 cm³/mol. The molecule has 9 amide bonds. The van der Waals surface area contributed by atoms with Crippen LogP contribution in [0.2, 0.25) is 0 Å². The van der Waals surface area contributed by atoms with E-state index in [0.717, 1.165) is 43.8 Å². The normalized spacial score (nSPS) is 14.0. The molecule has 3 aromatic heterocycles. The summed E-state index contributed by atoms with van der Waals surface area (Å²) in [6, 6.07) is 30.3. The molecule has 9 atom stereocenters. The van der Waals surface area contributed by atoms with Gasteiger partial charge in [0.1, 0.15) is 48.3 Å². The van der Waals surface area contributed by atoms with Crippen LogP contribution in [0.4, 0.5) is 0 Å². The van der Waals surface area contributed by atoms with Gasteiger partial charge < -0.3 is 91.9 Å². The van der Waals surface area contributed by atoms with E-state index in [0.29, 0.717) is 107 Å². The van der Waals surface area contributed by atoms with E-state index in [9.17, 15) is 19.2 Å². The summed E-state index contributed by atoms with van der Waals surface area (Å²) in [6.07, 6.45) is 10.5. The lowest BCUT2D eigenvalue weighted by atomic mass is 10.00. The van der Waals surface area contributed by atoms with Gasteiger partial charge in [-0.25, -0.2) is 5.84 Å². The number of carbonyl (C=O) groups excluding carboxylic acids is 9. The SMILES string of the molecule is NCCCC[C@H](NC(=O)[C@H](CSC(c1ccccc1)c1ccccc1)NC(=O)[C@H](Cc1c[nH]c2ccccc12)NC(=O)[C@H](CCCCN)NC(=O)[C@H](CCCCN)NC(=O)[C@H](Cc1c[nH]c2ccccc12)NC(=O)[C@H](Cc1c[nH]c2ccccc12)NC(=O)[C@H](CCCCN)NC(=O)[C@@H](N)CCCCN)C(=O)NN. The molecule has 29 heteroatoms. The second-order valence-corrected chi connectivity index (χ2v) is 28.4. The van der Waals surface area contributed by atoms with E-state index in [1.54, 1.807) is 18.6 Å². The predicted octanol–water partition coefficient (Wildman–Crippen LogP) is 3.52. The number of nitrogens with one attached hydrogen (secondary N) is 12. The van der Waals surface area contributed by atoms with Crippen LogP contribution in [-0.4, -0.2) is 161 Å². The second-order valence-electron chi connectivity index (χ2n) is 27.3. The molecule has 0 fully saturated rings. The monoisotopic (exact) mass is 1500 g/mol. The Morgan fingerprint density at radius 3 is 0.917 bits per heavy atom. The first-order valence-corrected chi connectivity index (χ1v) is 38.6. The molecule has 5 aromatic carbocycles. The Hall–Kier alpha value is -9.98. The maximum absolute atomic E-state index is 15.5. The molecule has 3 heterocycles. The van der Waals surface area contributed by atoms with Crippen molar-refractivity contribution in [2.75, 3.05) is 38.5 Å². The van der Waals surface area contributed by atoms with Gasteiger partial charge in [0.15, 0.2) is 0 Å². The van der Waals surface area contributed by atoms with Gasteiger partial charge >= 0.3 is 0 Å². The zero-order chi connectivity index (χ0) is 77.2. The van der Waals surface area contributed by atoms with Crippen LogP contribution < -0.4 is 88.2 Å². The number of H-pyrrole nitrogens is 3. The Balaban J connectivity index is 1.10. The molecule has 0 radical (unpaired) electrons. The highest BCUT2D eigenvalue weighted by molar-refractivity contribution is 7.99. The average Bonchev–Trinajstić information content (AvgIpc) is 1.63. The topological polar surface area (TPSA) is 491 Å². The van der Waals surface area contributed by atoms with Crippen LogP contribution in [0.1, 0.15) is 129 Å². The van der Waals surface area contributed by atoms with Crippen molar-refractivity contribution >= 4 is 97.6 Å². The highest BCUT2D eigenvalue weighted by Gasteiger charge is 2.37. The highest BCUT2D eigenvalue weighted by Crippen LogP contribution is 2.36. The fourth-order valence-corrected chi connectivity index (χ4v) is 14.5. The van der Waals surface area contributed by atoms with Gasteiger partial charge in [-0.05, 0) is 169 Å². The summed E-state index contributed by atoms with van der Waals surface area (Å²) in [7, 11) is 0. The van der Waals surface area contributed by atoms with Crippen molar-refractivity contribution < 1.29 is 43.2 Å². The fourth-order valence-electron chi connectivity index (χ4n) is 13.2. The number of amides is 9. The molecule has 0 unspecified atom stereocenters. The minimum absolute atomic E-state index is 0.0208. The molecule has 8 aromatic rings. The van der Waals surface area contributed by atoms with Crippen molar-refractivity contribution in [3.63, 3.8) is 0 Å². The van der Waals surface area contributed by atoms with Crippen molar-refractivity contribution in [1.29, 1.82) is 0 Å². The lowest BCUT2D eigenvalue weighted by molar-refractivity contribution is -0.136. The van der Waals surface area contributed by atoms with Gasteiger partial charge in [-0.2, -0.15) is 0 Å². The molecular formula is C79H109N19O9S. The maximum Gasteiger partial charge on any atom is 0.256 e. The molecule has 0 aliphatic carbocycles. The van der Waals surface area contributed by atoms with Gasteiger partial charge in [0, 0.05) is 76.3 Å². The van der Waals surface area contributed by atoms with Crippen LogP contribution in [-0.2, 0) is 62.4 Å². The number of unbranched alkanes of at least 4 members (excludes halogenated alkanes) is 5. The van der Waals surface area contributed by atoms with Gasteiger partial charge in [0.05, 0.1) is 11.3 Å². The Labute approximate surface area is 634 Å². The molecule has 0 aliphatic rings. The first kappa shape index (κ1) is 83.7. The molecule has 0 spiro atoms. The van der Waals surface area contributed by atoms with Crippen molar-refractivity contribution in [3.05, 3.63) is 180 Å². The van der Waals surface area contributed by atoms with E-state index in [-0.39, 0.29) is 69.0 Å². The zero-order valence-electron chi connectivity index (χ0n) is 61.3. The lowest BCUT2D eigenvalue weighted by Gasteiger charge is -2.29. The number of nitrogens with two attached hydrogens (primary N) is 7. The first-order chi connectivity index (χ1) is 52.5. The van der Waals surface area contributed by atoms with E-state index in [1.807, 2.05) is 133 Å². The van der Waals surface area contributed by atoms with Crippen LogP contribution in [0, 0.1) is 0 Å². The first-order valence-electron chi connectivity index (χ1n) is 37.5. The Morgan fingerprint density at radius 1 is 0.315 bits per heavy atom. The van der Waals surface area contributed by atoms with Crippen LogP contribution >= 0.6 is 11.8 Å². The number of hydrogen-bond acceptors (Lipinski definition) is 17. The van der Waals surface area contributed by atoms with Crippen molar-refractivity contribution in [1.82, 2.24) is 62.9 Å². The Bertz CT molecular complexity index is 4140. The van der Waals surface area contributed by atoms with E-state index in [2.05, 4.69) is 62.9 Å². The fraction of sp³-hybridized carbons (Fsp3) is 0.430. The number of fused-ring (bicyclic) bond motifs is 3. The van der Waals surface area contributed by atoms with Crippen LogP contribution in [0.25, 0.3) is 32.7 Å². The minimum Gasteiger partial charge on any atom is -0.361 e. The number of hydrogen-bond donors (Lipinski definition) is 19. The van der Waals surface area contributed by atoms with Gasteiger partial charge in [-0.15, -0.1) is 11.8 Å². The van der Waals surface area contributed by atoms with E-state index < -0.39 is 108 Å². The molecule has 8 rings (SSSR count). The molecule has 26 N–H and O–H groups in total. The molecule has 0 saturated heterocycles. The molecule has 28 nitrogen and oxygen atoms in total. The number of hydrazine groups is 1. The number of aromatic nitrogens is 3. The number of benzene rings is 5. The van der Waals surface area contributed by atoms with Crippen LogP contribution in [0.5, 0.6) is 0 Å². The van der Waals surface area contributed by atoms with Gasteiger partial charge in [-0.3, -0.25) is 48.6 Å². The smallest absolute Gasteiger partial charge is 0.256 e. The number of carbonyl (C=O) groups is 9. The zero-order valence-corrected chi connectivity index (χ0v) is 62.1. The van der Waals surface area contributed by atoms with Crippen LogP contribution in [0.15, 0.2) is 152 Å². The molecule has 0 aliphatic heterocycles. The summed E-state index contributed by atoms with van der Waals surface area (Å²) in [4.78, 5) is 143. The number of rotatable bonds is 48. The Morgan fingerprint density at radius 2 is 0.583 bits per heavy atom. The maximum atomic E-state index is 15.5. The summed E-state index contributed by atoms with van der Waals surface area (Å²) < 4.78 is 0. The van der Waals surface area contributed by atoms with Crippen molar-refractivity contribution in [2.45, 2.75) is 175 Å². The largest absolute Gasteiger partial charge is 0.361 e. The third-order valence-corrected chi connectivity index (χ3v) is 20.6.